The molecule has 2 N–H and O–H groups in total. The number of aliphatic hydroxyl groups is 2. The summed E-state index contributed by atoms with van der Waals surface area (Å²) in [6.07, 6.45) is 1.71. The molecular formula is C23H27ClO5. The molecular weight excluding hydrogens is 392 g/mol. The van der Waals surface area contributed by atoms with Crippen LogP contribution in [0.15, 0.2) is 42.5 Å². The van der Waals surface area contributed by atoms with E-state index in [1.165, 1.54) is 0 Å². The molecule has 0 spiro atoms. The Hall–Kier alpha value is -1.63. The molecule has 0 saturated carbocycles. The van der Waals surface area contributed by atoms with Crippen molar-refractivity contribution in [2.75, 3.05) is 19.8 Å². The normalized spacial score (nSPS) is 27.1. The zero-order chi connectivity index (χ0) is 20.2. The van der Waals surface area contributed by atoms with E-state index >= 15 is 0 Å². The summed E-state index contributed by atoms with van der Waals surface area (Å²) in [6, 6.07) is 13.9. The minimum Gasteiger partial charge on any atom is -0.488 e. The van der Waals surface area contributed by atoms with E-state index in [0.29, 0.717) is 30.9 Å². The maximum Gasteiger partial charge on any atom is 0.124 e. The summed E-state index contributed by atoms with van der Waals surface area (Å²) in [6.45, 7) is 1.33. The van der Waals surface area contributed by atoms with Crippen LogP contribution in [0.25, 0.3) is 0 Å². The zero-order valence-electron chi connectivity index (χ0n) is 16.3. The van der Waals surface area contributed by atoms with Crippen LogP contribution >= 0.6 is 11.6 Å². The Kier molecular flexibility index (Phi) is 6.73. The topological polar surface area (TPSA) is 68.2 Å². The molecule has 2 aromatic rings. The summed E-state index contributed by atoms with van der Waals surface area (Å²) in [5.41, 5.74) is 3.12. The van der Waals surface area contributed by atoms with Crippen molar-refractivity contribution in [3.05, 3.63) is 64.2 Å². The SMILES string of the molecule is OC[C@@H]1C[C@H](O)C[C@H](c2ccc(Cl)c(Cc3ccc(O[C@@H]4CCOC4)cc3)c2)O1. The summed E-state index contributed by atoms with van der Waals surface area (Å²) in [7, 11) is 0. The van der Waals surface area contributed by atoms with Crippen LogP contribution in [0.2, 0.25) is 5.02 Å². The van der Waals surface area contributed by atoms with Gasteiger partial charge in [0.2, 0.25) is 0 Å². The van der Waals surface area contributed by atoms with E-state index in [4.69, 9.17) is 25.8 Å². The minimum atomic E-state index is -0.470. The first-order chi connectivity index (χ1) is 14.1. The van der Waals surface area contributed by atoms with Crippen LogP contribution in [0.1, 0.15) is 42.1 Å². The van der Waals surface area contributed by atoms with Gasteiger partial charge in [0.15, 0.2) is 0 Å². The van der Waals surface area contributed by atoms with Crippen LogP contribution < -0.4 is 4.74 Å². The molecule has 0 aromatic heterocycles. The standard InChI is InChI=1S/C23H27ClO5/c24-22-6-3-16(23-12-18(26)11-21(13-25)29-23)10-17(22)9-15-1-4-19(5-2-15)28-20-7-8-27-14-20/h1-6,10,18,20-21,23,25-26H,7-9,11-14H2/t18-,20+,21-,23+/m0/s1. The Morgan fingerprint density at radius 3 is 2.66 bits per heavy atom. The van der Waals surface area contributed by atoms with E-state index < -0.39 is 6.10 Å². The summed E-state index contributed by atoms with van der Waals surface area (Å²) < 4.78 is 17.2. The van der Waals surface area contributed by atoms with Crippen molar-refractivity contribution >= 4 is 11.6 Å². The molecule has 0 amide bonds. The quantitative estimate of drug-likeness (QED) is 0.749. The van der Waals surface area contributed by atoms with E-state index in [1.807, 2.05) is 30.3 Å². The van der Waals surface area contributed by atoms with E-state index in [1.54, 1.807) is 0 Å². The van der Waals surface area contributed by atoms with Crippen molar-refractivity contribution in [3.8, 4) is 5.75 Å². The van der Waals surface area contributed by atoms with Gasteiger partial charge in [0.25, 0.3) is 0 Å². The van der Waals surface area contributed by atoms with Gasteiger partial charge in [0, 0.05) is 24.3 Å². The van der Waals surface area contributed by atoms with Crippen LogP contribution in [0.3, 0.4) is 0 Å². The monoisotopic (exact) mass is 418 g/mol. The molecule has 2 fully saturated rings. The lowest BCUT2D eigenvalue weighted by atomic mass is 9.94. The molecule has 2 saturated heterocycles. The molecule has 4 rings (SSSR count). The second-order valence-electron chi connectivity index (χ2n) is 7.83. The summed E-state index contributed by atoms with van der Waals surface area (Å²) in [4.78, 5) is 0. The lowest BCUT2D eigenvalue weighted by Gasteiger charge is -2.32. The van der Waals surface area contributed by atoms with E-state index in [0.717, 1.165) is 35.5 Å². The van der Waals surface area contributed by atoms with Crippen LogP contribution in [0.4, 0.5) is 0 Å². The largest absolute Gasteiger partial charge is 0.488 e. The van der Waals surface area contributed by atoms with Crippen LogP contribution in [-0.4, -0.2) is 48.3 Å². The maximum atomic E-state index is 10.1. The molecule has 4 atom stereocenters. The molecule has 0 bridgehead atoms. The predicted octanol–water partition coefficient (Wildman–Crippen LogP) is 3.67. The molecule has 0 radical (unpaired) electrons. The first-order valence-electron chi connectivity index (χ1n) is 10.2. The molecule has 156 valence electrons. The van der Waals surface area contributed by atoms with Crippen molar-refractivity contribution in [1.82, 2.24) is 0 Å². The fraction of sp³-hybridized carbons (Fsp3) is 0.478. The lowest BCUT2D eigenvalue weighted by molar-refractivity contribution is -0.113. The van der Waals surface area contributed by atoms with Gasteiger partial charge >= 0.3 is 0 Å². The van der Waals surface area contributed by atoms with Crippen molar-refractivity contribution in [2.24, 2.45) is 0 Å². The number of aliphatic hydroxyl groups excluding tert-OH is 2. The maximum absolute atomic E-state index is 10.1. The third kappa shape index (κ3) is 5.30. The number of ether oxygens (including phenoxy) is 3. The Morgan fingerprint density at radius 2 is 1.93 bits per heavy atom. The van der Waals surface area contributed by atoms with Gasteiger partial charge in [-0.1, -0.05) is 35.9 Å². The third-order valence-corrected chi connectivity index (χ3v) is 5.90. The highest BCUT2D eigenvalue weighted by molar-refractivity contribution is 6.31. The number of hydrogen-bond acceptors (Lipinski definition) is 5. The van der Waals surface area contributed by atoms with Gasteiger partial charge < -0.3 is 24.4 Å². The van der Waals surface area contributed by atoms with E-state index in [9.17, 15) is 10.2 Å². The smallest absolute Gasteiger partial charge is 0.124 e. The molecule has 29 heavy (non-hydrogen) atoms. The van der Waals surface area contributed by atoms with Crippen molar-refractivity contribution in [3.63, 3.8) is 0 Å². The Bertz CT molecular complexity index is 803. The molecule has 2 aliphatic heterocycles. The first kappa shape index (κ1) is 20.6. The zero-order valence-corrected chi connectivity index (χ0v) is 17.1. The fourth-order valence-electron chi connectivity index (χ4n) is 3.96. The highest BCUT2D eigenvalue weighted by Gasteiger charge is 2.29. The molecule has 5 nitrogen and oxygen atoms in total. The molecule has 0 unspecified atom stereocenters. The van der Waals surface area contributed by atoms with Crippen LogP contribution in [0.5, 0.6) is 5.75 Å². The van der Waals surface area contributed by atoms with Gasteiger partial charge in [-0.25, -0.2) is 0 Å². The highest BCUT2D eigenvalue weighted by atomic mass is 35.5. The summed E-state index contributed by atoms with van der Waals surface area (Å²) in [5.74, 6) is 0.851. The number of benzene rings is 2. The third-order valence-electron chi connectivity index (χ3n) is 5.53. The molecule has 2 aliphatic rings. The summed E-state index contributed by atoms with van der Waals surface area (Å²) in [5, 5.41) is 20.2. The average Bonchev–Trinajstić information content (AvgIpc) is 3.23. The number of rotatable bonds is 6. The van der Waals surface area contributed by atoms with Crippen molar-refractivity contribution < 1.29 is 24.4 Å². The predicted molar refractivity (Wildman–Crippen MR) is 110 cm³/mol. The van der Waals surface area contributed by atoms with Crippen molar-refractivity contribution in [2.45, 2.75) is 50.1 Å². The van der Waals surface area contributed by atoms with E-state index in [-0.39, 0.29) is 24.9 Å². The molecule has 2 aromatic carbocycles. The van der Waals surface area contributed by atoms with Crippen LogP contribution in [0, 0.1) is 0 Å². The van der Waals surface area contributed by atoms with Gasteiger partial charge in [-0.3, -0.25) is 0 Å². The highest BCUT2D eigenvalue weighted by Crippen LogP contribution is 2.34. The number of hydrogen-bond donors (Lipinski definition) is 2. The van der Waals surface area contributed by atoms with Gasteiger partial charge in [-0.05, 0) is 41.3 Å². The van der Waals surface area contributed by atoms with Gasteiger partial charge in [-0.15, -0.1) is 0 Å². The molecule has 0 aliphatic carbocycles. The second-order valence-corrected chi connectivity index (χ2v) is 8.24. The van der Waals surface area contributed by atoms with E-state index in [2.05, 4.69) is 12.1 Å². The average molecular weight is 419 g/mol. The second kappa shape index (κ2) is 9.45. The molecule has 6 heteroatoms. The number of halogens is 1. The van der Waals surface area contributed by atoms with Gasteiger partial charge in [0.05, 0.1) is 38.1 Å². The fourth-order valence-corrected chi connectivity index (χ4v) is 4.14. The van der Waals surface area contributed by atoms with Gasteiger partial charge in [-0.2, -0.15) is 0 Å². The van der Waals surface area contributed by atoms with Crippen LogP contribution in [-0.2, 0) is 15.9 Å². The van der Waals surface area contributed by atoms with Crippen molar-refractivity contribution in [1.29, 1.82) is 0 Å². The minimum absolute atomic E-state index is 0.0879. The lowest BCUT2D eigenvalue weighted by Crippen LogP contribution is -2.33. The Morgan fingerprint density at radius 1 is 1.10 bits per heavy atom. The first-order valence-corrected chi connectivity index (χ1v) is 10.5. The van der Waals surface area contributed by atoms with Gasteiger partial charge in [0.1, 0.15) is 11.9 Å². The Balaban J connectivity index is 1.45. The molecule has 2 heterocycles. The Labute approximate surface area is 176 Å². The summed E-state index contributed by atoms with van der Waals surface area (Å²) >= 11 is 6.45.